The molecule has 0 aromatic heterocycles. The number of likely N-dealkylation sites (tertiary alicyclic amines) is 1. The SMILES string of the molecule is N[C@@H](CC(=O)N1CCCC(C(F)(F)F)C1)Cc1ccccc1F. The number of piperidine rings is 1. The number of hydrogen-bond donors (Lipinski definition) is 1. The second-order valence-corrected chi connectivity index (χ2v) is 5.98. The van der Waals surface area contributed by atoms with Gasteiger partial charge in [-0.25, -0.2) is 4.39 Å². The van der Waals surface area contributed by atoms with Crippen LogP contribution in [0.1, 0.15) is 24.8 Å². The summed E-state index contributed by atoms with van der Waals surface area (Å²) in [6.07, 6.45) is -3.81. The van der Waals surface area contributed by atoms with Gasteiger partial charge in [0.1, 0.15) is 5.82 Å². The van der Waals surface area contributed by atoms with E-state index in [1.807, 2.05) is 0 Å². The Bertz CT molecular complexity index is 547. The molecule has 1 amide bonds. The molecule has 1 heterocycles. The fourth-order valence-electron chi connectivity index (χ4n) is 2.84. The van der Waals surface area contributed by atoms with Crippen LogP contribution >= 0.6 is 0 Å². The molecule has 1 aliphatic rings. The molecule has 0 saturated carbocycles. The highest BCUT2D eigenvalue weighted by atomic mass is 19.4. The van der Waals surface area contributed by atoms with Crippen LogP contribution in [-0.2, 0) is 11.2 Å². The van der Waals surface area contributed by atoms with E-state index < -0.39 is 29.9 Å². The number of carbonyl (C=O) groups excluding carboxylic acids is 1. The van der Waals surface area contributed by atoms with Gasteiger partial charge in [-0.15, -0.1) is 0 Å². The van der Waals surface area contributed by atoms with E-state index in [-0.39, 0.29) is 25.8 Å². The molecule has 23 heavy (non-hydrogen) atoms. The Morgan fingerprint density at radius 1 is 1.35 bits per heavy atom. The van der Waals surface area contributed by atoms with Crippen molar-refractivity contribution in [2.45, 2.75) is 37.9 Å². The minimum Gasteiger partial charge on any atom is -0.342 e. The molecule has 0 aliphatic carbocycles. The zero-order valence-corrected chi connectivity index (χ0v) is 12.7. The van der Waals surface area contributed by atoms with Crippen molar-refractivity contribution < 1.29 is 22.4 Å². The summed E-state index contributed by atoms with van der Waals surface area (Å²) < 4.78 is 51.9. The Balaban J connectivity index is 1.89. The average molecular weight is 332 g/mol. The predicted molar refractivity (Wildman–Crippen MR) is 78.1 cm³/mol. The smallest absolute Gasteiger partial charge is 0.342 e. The van der Waals surface area contributed by atoms with Crippen LogP contribution in [0.15, 0.2) is 24.3 Å². The molecule has 2 atom stereocenters. The highest BCUT2D eigenvalue weighted by molar-refractivity contribution is 5.77. The topological polar surface area (TPSA) is 46.3 Å². The van der Waals surface area contributed by atoms with E-state index in [2.05, 4.69) is 0 Å². The first-order valence-corrected chi connectivity index (χ1v) is 7.61. The van der Waals surface area contributed by atoms with E-state index in [0.717, 1.165) is 0 Å². The zero-order valence-electron chi connectivity index (χ0n) is 12.7. The van der Waals surface area contributed by atoms with Gasteiger partial charge < -0.3 is 10.6 Å². The Hall–Kier alpha value is -1.63. The van der Waals surface area contributed by atoms with E-state index in [1.54, 1.807) is 18.2 Å². The maximum absolute atomic E-state index is 13.5. The van der Waals surface area contributed by atoms with Crippen molar-refractivity contribution in [1.29, 1.82) is 0 Å². The summed E-state index contributed by atoms with van der Waals surface area (Å²) in [6.45, 7) is 0.00653. The van der Waals surface area contributed by atoms with Gasteiger partial charge in [0.25, 0.3) is 0 Å². The van der Waals surface area contributed by atoms with Crippen molar-refractivity contribution in [2.24, 2.45) is 11.7 Å². The van der Waals surface area contributed by atoms with E-state index in [1.165, 1.54) is 11.0 Å². The minimum atomic E-state index is -4.28. The molecule has 0 radical (unpaired) electrons. The number of carbonyl (C=O) groups is 1. The van der Waals surface area contributed by atoms with Crippen molar-refractivity contribution in [1.82, 2.24) is 4.90 Å². The van der Waals surface area contributed by atoms with Crippen molar-refractivity contribution in [2.75, 3.05) is 13.1 Å². The molecule has 0 bridgehead atoms. The molecular formula is C16H20F4N2O. The summed E-state index contributed by atoms with van der Waals surface area (Å²) in [7, 11) is 0. The average Bonchev–Trinajstić information content (AvgIpc) is 2.49. The highest BCUT2D eigenvalue weighted by Crippen LogP contribution is 2.33. The predicted octanol–water partition coefficient (Wildman–Crippen LogP) is 2.89. The van der Waals surface area contributed by atoms with Crippen molar-refractivity contribution in [3.05, 3.63) is 35.6 Å². The highest BCUT2D eigenvalue weighted by Gasteiger charge is 2.42. The monoisotopic (exact) mass is 332 g/mol. The van der Waals surface area contributed by atoms with Crippen LogP contribution in [0.5, 0.6) is 0 Å². The molecule has 128 valence electrons. The van der Waals surface area contributed by atoms with Crippen molar-refractivity contribution in [3.63, 3.8) is 0 Å². The first-order valence-electron chi connectivity index (χ1n) is 7.61. The molecule has 1 aromatic rings. The van der Waals surface area contributed by atoms with Crippen LogP contribution in [-0.4, -0.2) is 36.1 Å². The van der Waals surface area contributed by atoms with Gasteiger partial charge >= 0.3 is 6.18 Å². The molecule has 2 rings (SSSR count). The summed E-state index contributed by atoms with van der Waals surface area (Å²) in [5, 5.41) is 0. The summed E-state index contributed by atoms with van der Waals surface area (Å²) in [5.74, 6) is -2.27. The van der Waals surface area contributed by atoms with Gasteiger partial charge in [0, 0.05) is 25.6 Å². The molecule has 2 N–H and O–H groups in total. The van der Waals surface area contributed by atoms with Gasteiger partial charge in [0.2, 0.25) is 5.91 Å². The summed E-state index contributed by atoms with van der Waals surface area (Å²) in [5.41, 5.74) is 6.27. The largest absolute Gasteiger partial charge is 0.393 e. The third-order valence-corrected chi connectivity index (χ3v) is 4.11. The van der Waals surface area contributed by atoms with Gasteiger partial charge in [-0.05, 0) is 30.9 Å². The van der Waals surface area contributed by atoms with Crippen LogP contribution in [0.2, 0.25) is 0 Å². The van der Waals surface area contributed by atoms with Crippen LogP contribution in [0.4, 0.5) is 17.6 Å². The lowest BCUT2D eigenvalue weighted by Gasteiger charge is -2.34. The van der Waals surface area contributed by atoms with Crippen LogP contribution in [0, 0.1) is 11.7 Å². The molecule has 1 fully saturated rings. The molecule has 1 aromatic carbocycles. The van der Waals surface area contributed by atoms with Crippen molar-refractivity contribution in [3.8, 4) is 0 Å². The second-order valence-electron chi connectivity index (χ2n) is 5.98. The lowest BCUT2D eigenvalue weighted by atomic mass is 9.96. The number of nitrogens with zero attached hydrogens (tertiary/aromatic N) is 1. The standard InChI is InChI=1S/C16H20F4N2O/c17-14-6-2-1-4-11(14)8-13(21)9-15(23)22-7-3-5-12(10-22)16(18,19)20/h1-2,4,6,12-13H,3,5,7-10,21H2/t12?,13-/m1/s1. The maximum atomic E-state index is 13.5. The quantitative estimate of drug-likeness (QED) is 0.862. The summed E-state index contributed by atoms with van der Waals surface area (Å²) in [6, 6.07) is 5.50. The van der Waals surface area contributed by atoms with E-state index in [9.17, 15) is 22.4 Å². The fraction of sp³-hybridized carbons (Fsp3) is 0.562. The number of rotatable bonds is 4. The Kier molecular flexibility index (Phi) is 5.62. The second kappa shape index (κ2) is 7.29. The zero-order chi connectivity index (χ0) is 17.0. The number of nitrogens with two attached hydrogens (primary N) is 1. The molecule has 1 saturated heterocycles. The van der Waals surface area contributed by atoms with E-state index in [4.69, 9.17) is 5.73 Å². The number of halogens is 4. The third kappa shape index (κ3) is 4.92. The fourth-order valence-corrected chi connectivity index (χ4v) is 2.84. The first-order chi connectivity index (χ1) is 10.8. The third-order valence-electron chi connectivity index (χ3n) is 4.11. The van der Waals surface area contributed by atoms with Gasteiger partial charge in [-0.3, -0.25) is 4.79 Å². The maximum Gasteiger partial charge on any atom is 0.393 e. The molecule has 1 unspecified atom stereocenters. The van der Waals surface area contributed by atoms with E-state index >= 15 is 0 Å². The lowest BCUT2D eigenvalue weighted by Crippen LogP contribution is -2.46. The summed E-state index contributed by atoms with van der Waals surface area (Å²) in [4.78, 5) is 13.4. The molecule has 7 heteroatoms. The van der Waals surface area contributed by atoms with Gasteiger partial charge in [0.15, 0.2) is 0 Å². The van der Waals surface area contributed by atoms with E-state index in [0.29, 0.717) is 18.5 Å². The number of alkyl halides is 3. The molecule has 1 aliphatic heterocycles. The van der Waals surface area contributed by atoms with Crippen LogP contribution < -0.4 is 5.73 Å². The molecule has 0 spiro atoms. The molecule has 3 nitrogen and oxygen atoms in total. The Labute approximate surface area is 132 Å². The van der Waals surface area contributed by atoms with Gasteiger partial charge in [-0.1, -0.05) is 18.2 Å². The van der Waals surface area contributed by atoms with Gasteiger partial charge in [-0.2, -0.15) is 13.2 Å². The summed E-state index contributed by atoms with van der Waals surface area (Å²) >= 11 is 0. The first kappa shape index (κ1) is 17.7. The van der Waals surface area contributed by atoms with Crippen molar-refractivity contribution >= 4 is 5.91 Å². The Morgan fingerprint density at radius 2 is 2.04 bits per heavy atom. The van der Waals surface area contributed by atoms with Crippen LogP contribution in [0.25, 0.3) is 0 Å². The molecular weight excluding hydrogens is 312 g/mol. The van der Waals surface area contributed by atoms with Gasteiger partial charge in [0.05, 0.1) is 5.92 Å². The number of amides is 1. The number of benzene rings is 1. The van der Waals surface area contributed by atoms with Crippen LogP contribution in [0.3, 0.4) is 0 Å². The lowest BCUT2D eigenvalue weighted by molar-refractivity contribution is -0.188. The normalized spacial score (nSPS) is 20.4. The Morgan fingerprint density at radius 3 is 2.70 bits per heavy atom. The number of hydrogen-bond acceptors (Lipinski definition) is 2. The minimum absolute atomic E-state index is 0.0502.